The van der Waals surface area contributed by atoms with Crippen LogP contribution in [-0.4, -0.2) is 40.4 Å². The molecule has 2 rings (SSSR count). The van der Waals surface area contributed by atoms with Gasteiger partial charge >= 0.3 is 18.0 Å². The molecule has 9 heteroatoms. The van der Waals surface area contributed by atoms with E-state index in [1.165, 1.54) is 13.8 Å². The SMILES string of the molecule is CC(C)=C1CC(O)(C(F)(F)F)N(C(=O)C(=O)NCCc2ccccc2)N1. The topological polar surface area (TPSA) is 81.7 Å². The molecule has 6 nitrogen and oxygen atoms in total. The molecule has 3 N–H and O–H groups in total. The van der Waals surface area contributed by atoms with Crippen LogP contribution in [0.1, 0.15) is 25.8 Å². The molecule has 26 heavy (non-hydrogen) atoms. The van der Waals surface area contributed by atoms with E-state index < -0.39 is 30.1 Å². The average Bonchev–Trinajstić information content (AvgIpc) is 2.94. The van der Waals surface area contributed by atoms with Crippen LogP contribution in [0.4, 0.5) is 13.2 Å². The van der Waals surface area contributed by atoms with Gasteiger partial charge in [0.25, 0.3) is 5.72 Å². The molecule has 0 bridgehead atoms. The van der Waals surface area contributed by atoms with Gasteiger partial charge in [0, 0.05) is 18.7 Å². The Bertz CT molecular complexity index is 715. The molecule has 1 unspecified atom stereocenters. The van der Waals surface area contributed by atoms with E-state index in [9.17, 15) is 27.9 Å². The number of hydrogen-bond donors (Lipinski definition) is 3. The summed E-state index contributed by atoms with van der Waals surface area (Å²) < 4.78 is 39.9. The highest BCUT2D eigenvalue weighted by Gasteiger charge is 2.64. The van der Waals surface area contributed by atoms with Gasteiger partial charge in [-0.15, -0.1) is 0 Å². The molecule has 1 heterocycles. The van der Waals surface area contributed by atoms with Gasteiger partial charge in [-0.2, -0.15) is 13.2 Å². The number of aliphatic hydroxyl groups is 1. The highest BCUT2D eigenvalue weighted by atomic mass is 19.4. The van der Waals surface area contributed by atoms with Crippen molar-refractivity contribution >= 4 is 11.8 Å². The van der Waals surface area contributed by atoms with Gasteiger partial charge in [0.2, 0.25) is 0 Å². The van der Waals surface area contributed by atoms with Crippen molar-refractivity contribution in [2.75, 3.05) is 6.54 Å². The van der Waals surface area contributed by atoms with Crippen LogP contribution in [-0.2, 0) is 16.0 Å². The predicted octanol–water partition coefficient (Wildman–Crippen LogP) is 1.63. The molecule has 0 radical (unpaired) electrons. The minimum absolute atomic E-state index is 0.0373. The highest BCUT2D eigenvalue weighted by Crippen LogP contribution is 2.41. The number of nitrogens with one attached hydrogen (secondary N) is 2. The minimum Gasteiger partial charge on any atom is -0.362 e. The minimum atomic E-state index is -5.13. The van der Waals surface area contributed by atoms with Crippen molar-refractivity contribution in [3.8, 4) is 0 Å². The Balaban J connectivity index is 2.08. The largest absolute Gasteiger partial charge is 0.438 e. The average molecular weight is 371 g/mol. The lowest BCUT2D eigenvalue weighted by Crippen LogP contribution is -2.62. The summed E-state index contributed by atoms with van der Waals surface area (Å²) in [5, 5.41) is 12.3. The van der Waals surface area contributed by atoms with E-state index in [4.69, 9.17) is 0 Å². The summed E-state index contributed by atoms with van der Waals surface area (Å²) in [7, 11) is 0. The van der Waals surface area contributed by atoms with Gasteiger partial charge in [-0.1, -0.05) is 35.9 Å². The van der Waals surface area contributed by atoms with E-state index >= 15 is 0 Å². The van der Waals surface area contributed by atoms with Gasteiger partial charge in [0.05, 0.1) is 0 Å². The van der Waals surface area contributed by atoms with Crippen LogP contribution in [0.25, 0.3) is 0 Å². The number of halogens is 3. The molecule has 1 aliphatic heterocycles. The van der Waals surface area contributed by atoms with Crippen molar-refractivity contribution in [2.24, 2.45) is 0 Å². The normalized spacial score (nSPS) is 19.9. The predicted molar refractivity (Wildman–Crippen MR) is 87.1 cm³/mol. The molecule has 1 aromatic rings. The maximum atomic E-state index is 13.3. The maximum Gasteiger partial charge on any atom is 0.438 e. The van der Waals surface area contributed by atoms with Crippen molar-refractivity contribution in [1.82, 2.24) is 15.8 Å². The first-order valence-electron chi connectivity index (χ1n) is 7.94. The lowest BCUT2D eigenvalue weighted by atomic mass is 10.1. The molecule has 0 spiro atoms. The molecule has 1 fully saturated rings. The zero-order chi connectivity index (χ0) is 19.5. The summed E-state index contributed by atoms with van der Waals surface area (Å²) in [5.41, 5.74) is 0.134. The fourth-order valence-electron chi connectivity index (χ4n) is 2.47. The Morgan fingerprint density at radius 3 is 2.42 bits per heavy atom. The molecule has 1 aromatic carbocycles. The first-order chi connectivity index (χ1) is 12.1. The summed E-state index contributed by atoms with van der Waals surface area (Å²) in [4.78, 5) is 24.2. The monoisotopic (exact) mass is 371 g/mol. The van der Waals surface area contributed by atoms with Crippen LogP contribution in [0.2, 0.25) is 0 Å². The standard InChI is InChI=1S/C17H20F3N3O3/c1-11(2)13-10-16(26,17(18,19)20)23(22-13)15(25)14(24)21-9-8-12-6-4-3-5-7-12/h3-7,22,26H,8-10H2,1-2H3,(H,21,24). The Morgan fingerprint density at radius 2 is 1.88 bits per heavy atom. The molecule has 0 saturated carbocycles. The van der Waals surface area contributed by atoms with Crippen LogP contribution in [0.15, 0.2) is 41.6 Å². The number of rotatable bonds is 3. The smallest absolute Gasteiger partial charge is 0.362 e. The number of carbonyl (C=O) groups is 2. The van der Waals surface area contributed by atoms with Crippen LogP contribution in [0.3, 0.4) is 0 Å². The fraction of sp³-hybridized carbons (Fsp3) is 0.412. The van der Waals surface area contributed by atoms with E-state index in [0.29, 0.717) is 12.0 Å². The molecule has 0 aliphatic carbocycles. The van der Waals surface area contributed by atoms with Crippen molar-refractivity contribution in [3.05, 3.63) is 47.2 Å². The number of alkyl halides is 3. The number of amides is 2. The second-order valence-corrected chi connectivity index (χ2v) is 6.21. The first kappa shape index (κ1) is 19.8. The zero-order valence-corrected chi connectivity index (χ0v) is 14.4. The third-order valence-electron chi connectivity index (χ3n) is 4.04. The van der Waals surface area contributed by atoms with Crippen LogP contribution >= 0.6 is 0 Å². The van der Waals surface area contributed by atoms with Crippen molar-refractivity contribution in [2.45, 2.75) is 38.6 Å². The van der Waals surface area contributed by atoms with E-state index in [1.54, 1.807) is 12.1 Å². The molecule has 142 valence electrons. The van der Waals surface area contributed by atoms with E-state index in [2.05, 4.69) is 10.7 Å². The Morgan fingerprint density at radius 1 is 1.27 bits per heavy atom. The zero-order valence-electron chi connectivity index (χ0n) is 14.4. The Hall–Kier alpha value is -2.55. The quantitative estimate of drug-likeness (QED) is 0.706. The maximum absolute atomic E-state index is 13.3. The van der Waals surface area contributed by atoms with E-state index in [1.807, 2.05) is 18.2 Å². The van der Waals surface area contributed by atoms with Crippen molar-refractivity contribution in [1.29, 1.82) is 0 Å². The van der Waals surface area contributed by atoms with Crippen LogP contribution < -0.4 is 10.7 Å². The Labute approximate surface area is 148 Å². The van der Waals surface area contributed by atoms with E-state index in [-0.39, 0.29) is 17.3 Å². The molecule has 0 aromatic heterocycles. The summed E-state index contributed by atoms with van der Waals surface area (Å²) in [6.45, 7) is 3.14. The fourth-order valence-corrected chi connectivity index (χ4v) is 2.47. The summed E-state index contributed by atoms with van der Waals surface area (Å²) in [6.07, 6.45) is -5.57. The van der Waals surface area contributed by atoms with Gasteiger partial charge in [0.15, 0.2) is 0 Å². The van der Waals surface area contributed by atoms with Crippen LogP contribution in [0, 0.1) is 0 Å². The van der Waals surface area contributed by atoms with Crippen molar-refractivity contribution < 1.29 is 27.9 Å². The molecule has 1 atom stereocenters. The summed E-state index contributed by atoms with van der Waals surface area (Å²) >= 11 is 0. The van der Waals surface area contributed by atoms with E-state index in [0.717, 1.165) is 5.56 Å². The number of hydrogen-bond acceptors (Lipinski definition) is 4. The lowest BCUT2D eigenvalue weighted by molar-refractivity contribution is -0.303. The molecular formula is C17H20F3N3O3. The second kappa shape index (κ2) is 7.36. The second-order valence-electron chi connectivity index (χ2n) is 6.21. The van der Waals surface area contributed by atoms with Gasteiger partial charge in [-0.3, -0.25) is 15.0 Å². The third-order valence-corrected chi connectivity index (χ3v) is 4.04. The van der Waals surface area contributed by atoms with Gasteiger partial charge < -0.3 is 10.4 Å². The van der Waals surface area contributed by atoms with Gasteiger partial charge in [0.1, 0.15) is 0 Å². The molecule has 1 aliphatic rings. The molecular weight excluding hydrogens is 351 g/mol. The molecule has 1 saturated heterocycles. The first-order valence-corrected chi connectivity index (χ1v) is 7.94. The number of hydrazine groups is 1. The third kappa shape index (κ3) is 3.98. The number of benzene rings is 1. The summed E-state index contributed by atoms with van der Waals surface area (Å²) in [6, 6.07) is 9.07. The van der Waals surface area contributed by atoms with Crippen LogP contribution in [0.5, 0.6) is 0 Å². The van der Waals surface area contributed by atoms with Gasteiger partial charge in [-0.25, -0.2) is 5.01 Å². The highest BCUT2D eigenvalue weighted by molar-refractivity contribution is 6.35. The van der Waals surface area contributed by atoms with Crippen molar-refractivity contribution in [3.63, 3.8) is 0 Å². The Kier molecular flexibility index (Phi) is 5.60. The van der Waals surface area contributed by atoms with Gasteiger partial charge in [-0.05, 0) is 25.8 Å². The molecule has 2 amide bonds. The number of nitrogens with zero attached hydrogens (tertiary/aromatic N) is 1. The lowest BCUT2D eigenvalue weighted by Gasteiger charge is -2.32. The number of carbonyl (C=O) groups excluding carboxylic acids is 2. The number of allylic oxidation sites excluding steroid dienone is 1. The summed E-state index contributed by atoms with van der Waals surface area (Å²) in [5.74, 6) is -2.74.